The molecule has 4 rings (SSSR count). The SMILES string of the molecule is COc1cccc(-c2cnc3[nH]cc(-c4ccc(C(=O)O)cc4)c3c2)c1. The van der Waals surface area contributed by atoms with Crippen LogP contribution in [-0.4, -0.2) is 28.2 Å². The number of pyridine rings is 1. The van der Waals surface area contributed by atoms with Gasteiger partial charge in [-0.3, -0.25) is 0 Å². The largest absolute Gasteiger partial charge is 0.497 e. The number of ether oxygens (including phenoxy) is 1. The summed E-state index contributed by atoms with van der Waals surface area (Å²) in [5.74, 6) is -0.140. The third kappa shape index (κ3) is 2.80. The van der Waals surface area contributed by atoms with E-state index in [2.05, 4.69) is 16.0 Å². The number of nitrogens with one attached hydrogen (secondary N) is 1. The second-order valence-electron chi connectivity index (χ2n) is 5.94. The molecule has 0 spiro atoms. The predicted octanol–water partition coefficient (Wildman–Crippen LogP) is 4.60. The van der Waals surface area contributed by atoms with Crippen LogP contribution < -0.4 is 4.74 Å². The van der Waals surface area contributed by atoms with Crippen molar-refractivity contribution in [2.45, 2.75) is 0 Å². The summed E-state index contributed by atoms with van der Waals surface area (Å²) in [6, 6.07) is 16.7. The van der Waals surface area contributed by atoms with E-state index >= 15 is 0 Å². The summed E-state index contributed by atoms with van der Waals surface area (Å²) in [5.41, 5.74) is 4.98. The lowest BCUT2D eigenvalue weighted by Gasteiger charge is -2.06. The van der Waals surface area contributed by atoms with Gasteiger partial charge in [0.1, 0.15) is 11.4 Å². The van der Waals surface area contributed by atoms with Crippen molar-refractivity contribution in [1.82, 2.24) is 9.97 Å². The number of H-pyrrole nitrogens is 1. The van der Waals surface area contributed by atoms with E-state index in [9.17, 15) is 4.79 Å². The molecule has 2 aromatic heterocycles. The highest BCUT2D eigenvalue weighted by molar-refractivity contribution is 5.96. The molecule has 0 bridgehead atoms. The number of carboxylic acid groups (broad SMARTS) is 1. The molecule has 5 nitrogen and oxygen atoms in total. The fourth-order valence-electron chi connectivity index (χ4n) is 3.00. The molecule has 2 aromatic carbocycles. The van der Waals surface area contributed by atoms with Crippen LogP contribution in [0.15, 0.2) is 67.0 Å². The Morgan fingerprint density at radius 3 is 2.58 bits per heavy atom. The van der Waals surface area contributed by atoms with Crippen LogP contribution >= 0.6 is 0 Å². The van der Waals surface area contributed by atoms with Gasteiger partial charge in [0.2, 0.25) is 0 Å². The van der Waals surface area contributed by atoms with Crippen LogP contribution in [0, 0.1) is 0 Å². The highest BCUT2D eigenvalue weighted by Crippen LogP contribution is 2.32. The number of nitrogens with zero attached hydrogens (tertiary/aromatic N) is 1. The molecule has 0 aliphatic heterocycles. The standard InChI is InChI=1S/C21H16N2O3/c1-26-17-4-2-3-15(9-17)16-10-18-19(12-23-20(18)22-11-16)13-5-7-14(8-6-13)21(24)25/h2-12H,1H3,(H,22,23)(H,24,25). The first kappa shape index (κ1) is 15.9. The minimum atomic E-state index is -0.933. The van der Waals surface area contributed by atoms with Crippen molar-refractivity contribution >= 4 is 17.0 Å². The van der Waals surface area contributed by atoms with E-state index in [0.29, 0.717) is 0 Å². The molecular weight excluding hydrogens is 328 g/mol. The number of methoxy groups -OCH3 is 1. The number of aromatic carboxylic acids is 1. The molecule has 0 fully saturated rings. The molecule has 26 heavy (non-hydrogen) atoms. The topological polar surface area (TPSA) is 75.2 Å². The Bertz CT molecular complexity index is 1100. The van der Waals surface area contributed by atoms with E-state index in [1.54, 1.807) is 19.2 Å². The minimum absolute atomic E-state index is 0.267. The third-order valence-corrected chi connectivity index (χ3v) is 4.38. The van der Waals surface area contributed by atoms with Gasteiger partial charge in [0.25, 0.3) is 0 Å². The van der Waals surface area contributed by atoms with E-state index in [0.717, 1.165) is 39.0 Å². The van der Waals surface area contributed by atoms with Gasteiger partial charge in [-0.1, -0.05) is 24.3 Å². The second-order valence-corrected chi connectivity index (χ2v) is 5.94. The Labute approximate surface area is 149 Å². The number of rotatable bonds is 4. The van der Waals surface area contributed by atoms with Crippen LogP contribution in [-0.2, 0) is 0 Å². The number of aromatic nitrogens is 2. The number of carboxylic acids is 1. The summed E-state index contributed by atoms with van der Waals surface area (Å²) in [7, 11) is 1.64. The average Bonchev–Trinajstić information content (AvgIpc) is 3.11. The summed E-state index contributed by atoms with van der Waals surface area (Å²) in [6.45, 7) is 0. The normalized spacial score (nSPS) is 10.8. The number of carbonyl (C=O) groups is 1. The molecule has 2 heterocycles. The number of aromatic amines is 1. The smallest absolute Gasteiger partial charge is 0.335 e. The number of fused-ring (bicyclic) bond motifs is 1. The van der Waals surface area contributed by atoms with Crippen molar-refractivity contribution in [3.05, 3.63) is 72.6 Å². The Kier molecular flexibility index (Phi) is 3.89. The Morgan fingerprint density at radius 2 is 1.85 bits per heavy atom. The molecule has 0 saturated carbocycles. The van der Waals surface area contributed by atoms with Crippen LogP contribution in [0.3, 0.4) is 0 Å². The lowest BCUT2D eigenvalue weighted by atomic mass is 10.0. The van der Waals surface area contributed by atoms with Crippen LogP contribution in [0.2, 0.25) is 0 Å². The second kappa shape index (κ2) is 6.37. The first-order valence-electron chi connectivity index (χ1n) is 8.11. The van der Waals surface area contributed by atoms with E-state index < -0.39 is 5.97 Å². The monoisotopic (exact) mass is 344 g/mol. The first-order valence-corrected chi connectivity index (χ1v) is 8.11. The fourth-order valence-corrected chi connectivity index (χ4v) is 3.00. The van der Waals surface area contributed by atoms with Crippen molar-refractivity contribution in [3.8, 4) is 28.0 Å². The van der Waals surface area contributed by atoms with Crippen molar-refractivity contribution < 1.29 is 14.6 Å². The van der Waals surface area contributed by atoms with E-state index in [1.807, 2.05) is 48.8 Å². The van der Waals surface area contributed by atoms with Gasteiger partial charge in [0.05, 0.1) is 12.7 Å². The minimum Gasteiger partial charge on any atom is -0.497 e. The fraction of sp³-hybridized carbons (Fsp3) is 0.0476. The molecule has 0 amide bonds. The zero-order valence-corrected chi connectivity index (χ0v) is 14.1. The molecular formula is C21H16N2O3. The number of hydrogen-bond acceptors (Lipinski definition) is 3. The lowest BCUT2D eigenvalue weighted by molar-refractivity contribution is 0.0697. The predicted molar refractivity (Wildman–Crippen MR) is 100 cm³/mol. The summed E-state index contributed by atoms with van der Waals surface area (Å²) in [6.07, 6.45) is 3.72. The summed E-state index contributed by atoms with van der Waals surface area (Å²) < 4.78 is 5.30. The van der Waals surface area contributed by atoms with Gasteiger partial charge in [0, 0.05) is 28.9 Å². The molecule has 0 aliphatic rings. The molecule has 2 N–H and O–H groups in total. The van der Waals surface area contributed by atoms with Gasteiger partial charge < -0.3 is 14.8 Å². The quantitative estimate of drug-likeness (QED) is 0.567. The molecule has 128 valence electrons. The first-order chi connectivity index (χ1) is 12.7. The van der Waals surface area contributed by atoms with Crippen LogP contribution in [0.4, 0.5) is 0 Å². The van der Waals surface area contributed by atoms with E-state index in [-0.39, 0.29) is 5.56 Å². The van der Waals surface area contributed by atoms with Crippen LogP contribution in [0.25, 0.3) is 33.3 Å². The Balaban J connectivity index is 1.80. The van der Waals surface area contributed by atoms with Crippen LogP contribution in [0.1, 0.15) is 10.4 Å². The zero-order valence-electron chi connectivity index (χ0n) is 14.1. The van der Waals surface area contributed by atoms with E-state index in [1.165, 1.54) is 0 Å². The molecule has 4 aromatic rings. The molecule has 0 radical (unpaired) electrons. The molecule has 0 atom stereocenters. The maximum Gasteiger partial charge on any atom is 0.335 e. The van der Waals surface area contributed by atoms with Crippen molar-refractivity contribution in [2.75, 3.05) is 7.11 Å². The Morgan fingerprint density at radius 1 is 1.04 bits per heavy atom. The zero-order chi connectivity index (χ0) is 18.1. The third-order valence-electron chi connectivity index (χ3n) is 4.38. The lowest BCUT2D eigenvalue weighted by Crippen LogP contribution is -1.94. The van der Waals surface area contributed by atoms with Crippen molar-refractivity contribution in [2.24, 2.45) is 0 Å². The van der Waals surface area contributed by atoms with Crippen LogP contribution in [0.5, 0.6) is 5.75 Å². The maximum atomic E-state index is 11.0. The van der Waals surface area contributed by atoms with Gasteiger partial charge in [-0.25, -0.2) is 9.78 Å². The van der Waals surface area contributed by atoms with Gasteiger partial charge in [-0.05, 0) is 41.5 Å². The van der Waals surface area contributed by atoms with E-state index in [4.69, 9.17) is 9.84 Å². The van der Waals surface area contributed by atoms with Gasteiger partial charge in [-0.15, -0.1) is 0 Å². The maximum absolute atomic E-state index is 11.0. The molecule has 0 saturated heterocycles. The highest BCUT2D eigenvalue weighted by atomic mass is 16.5. The summed E-state index contributed by atoms with van der Waals surface area (Å²) in [4.78, 5) is 18.7. The number of hydrogen-bond donors (Lipinski definition) is 2. The number of benzene rings is 2. The highest BCUT2D eigenvalue weighted by Gasteiger charge is 2.10. The van der Waals surface area contributed by atoms with Crippen molar-refractivity contribution in [3.63, 3.8) is 0 Å². The van der Waals surface area contributed by atoms with Gasteiger partial charge in [0.15, 0.2) is 0 Å². The Hall–Kier alpha value is -3.60. The van der Waals surface area contributed by atoms with Crippen molar-refractivity contribution in [1.29, 1.82) is 0 Å². The molecule has 0 unspecified atom stereocenters. The van der Waals surface area contributed by atoms with Gasteiger partial charge >= 0.3 is 5.97 Å². The van der Waals surface area contributed by atoms with Gasteiger partial charge in [-0.2, -0.15) is 0 Å². The average molecular weight is 344 g/mol. The summed E-state index contributed by atoms with van der Waals surface area (Å²) >= 11 is 0. The molecule has 5 heteroatoms. The molecule has 0 aliphatic carbocycles. The summed E-state index contributed by atoms with van der Waals surface area (Å²) in [5, 5.41) is 10.0.